The molecule has 2 saturated heterocycles. The van der Waals surface area contributed by atoms with Gasteiger partial charge in [0.15, 0.2) is 0 Å². The molecule has 0 atom stereocenters. The molecule has 0 spiro atoms. The molecule has 0 saturated carbocycles. The first-order valence-electron chi connectivity index (χ1n) is 6.39. The van der Waals surface area contributed by atoms with E-state index in [1.54, 1.807) is 0 Å². The smallest absolute Gasteiger partial charge is 0.244 e. The predicted molar refractivity (Wildman–Crippen MR) is 64.3 cm³/mol. The van der Waals surface area contributed by atoms with Crippen LogP contribution in [0.4, 0.5) is 5.95 Å². The van der Waals surface area contributed by atoms with Crippen molar-refractivity contribution in [3.8, 4) is 0 Å². The van der Waals surface area contributed by atoms with Gasteiger partial charge in [-0.2, -0.15) is 4.98 Å². The van der Waals surface area contributed by atoms with Gasteiger partial charge in [-0.05, 0) is 12.8 Å². The third-order valence-corrected chi connectivity index (χ3v) is 3.50. The Balaban J connectivity index is 1.68. The summed E-state index contributed by atoms with van der Waals surface area (Å²) in [6.45, 7) is 5.70. The van der Waals surface area contributed by atoms with Crippen LogP contribution in [0, 0.1) is 0 Å². The van der Waals surface area contributed by atoms with Crippen LogP contribution in [0.5, 0.6) is 0 Å². The maximum Gasteiger partial charge on any atom is 0.244 e. The molecule has 6 heteroatoms. The van der Waals surface area contributed by atoms with E-state index in [2.05, 4.69) is 25.4 Å². The third-order valence-electron chi connectivity index (χ3n) is 3.50. The molecule has 0 radical (unpaired) electrons. The van der Waals surface area contributed by atoms with Crippen molar-refractivity contribution < 1.29 is 4.74 Å². The number of nitrogens with zero attached hydrogens (tertiary/aromatic N) is 3. The van der Waals surface area contributed by atoms with Crippen molar-refractivity contribution >= 4 is 5.95 Å². The molecule has 6 nitrogen and oxygen atoms in total. The normalized spacial score (nSPS) is 22.9. The van der Waals surface area contributed by atoms with Crippen LogP contribution < -0.4 is 10.2 Å². The van der Waals surface area contributed by atoms with E-state index in [9.17, 15) is 0 Å². The SMILES string of the molecule is C1CN(c2n[nH]c(C3CCOCC3)n2)CCN1. The lowest BCUT2D eigenvalue weighted by atomic mass is 10.00. The molecule has 2 aliphatic rings. The lowest BCUT2D eigenvalue weighted by Gasteiger charge is -2.26. The Morgan fingerprint density at radius 1 is 1.18 bits per heavy atom. The highest BCUT2D eigenvalue weighted by molar-refractivity contribution is 5.30. The van der Waals surface area contributed by atoms with Crippen LogP contribution >= 0.6 is 0 Å². The Morgan fingerprint density at radius 3 is 2.71 bits per heavy atom. The summed E-state index contributed by atoms with van der Waals surface area (Å²) in [4.78, 5) is 6.87. The van der Waals surface area contributed by atoms with E-state index in [0.717, 1.165) is 64.0 Å². The van der Waals surface area contributed by atoms with Crippen LogP contribution in [0.3, 0.4) is 0 Å². The Labute approximate surface area is 101 Å². The number of aromatic amines is 1. The molecule has 0 amide bonds. The topological polar surface area (TPSA) is 66.1 Å². The first kappa shape index (κ1) is 11.0. The highest BCUT2D eigenvalue weighted by Crippen LogP contribution is 2.24. The average molecular weight is 237 g/mol. The summed E-state index contributed by atoms with van der Waals surface area (Å²) in [5.41, 5.74) is 0. The largest absolute Gasteiger partial charge is 0.381 e. The fraction of sp³-hybridized carbons (Fsp3) is 0.818. The number of H-pyrrole nitrogens is 1. The zero-order chi connectivity index (χ0) is 11.5. The molecule has 0 unspecified atom stereocenters. The standard InChI is InChI=1S/C11H19N5O/c1-7-17-8-2-9(1)10-13-11(15-14-10)16-5-3-12-4-6-16/h9,12H,1-8H2,(H,13,14,15). The Kier molecular flexibility index (Phi) is 3.24. The van der Waals surface area contributed by atoms with E-state index in [1.165, 1.54) is 0 Å². The Bertz CT molecular complexity index is 322. The molecule has 0 aliphatic carbocycles. The molecule has 2 aliphatic heterocycles. The van der Waals surface area contributed by atoms with Gasteiger partial charge in [0.2, 0.25) is 5.95 Å². The molecule has 2 fully saturated rings. The molecule has 3 heterocycles. The number of ether oxygens (including phenoxy) is 1. The lowest BCUT2D eigenvalue weighted by Crippen LogP contribution is -2.44. The summed E-state index contributed by atoms with van der Waals surface area (Å²) < 4.78 is 5.36. The number of hydrogen-bond acceptors (Lipinski definition) is 5. The van der Waals surface area contributed by atoms with Crippen molar-refractivity contribution in [3.05, 3.63) is 5.82 Å². The monoisotopic (exact) mass is 237 g/mol. The van der Waals surface area contributed by atoms with Gasteiger partial charge < -0.3 is 15.0 Å². The van der Waals surface area contributed by atoms with Crippen LogP contribution in [0.1, 0.15) is 24.6 Å². The minimum Gasteiger partial charge on any atom is -0.381 e. The van der Waals surface area contributed by atoms with Crippen LogP contribution in [-0.2, 0) is 4.74 Å². The van der Waals surface area contributed by atoms with Crippen LogP contribution in [0.25, 0.3) is 0 Å². The van der Waals surface area contributed by atoms with Gasteiger partial charge >= 0.3 is 0 Å². The number of anilines is 1. The fourth-order valence-electron chi connectivity index (χ4n) is 2.42. The second-order valence-electron chi connectivity index (χ2n) is 4.64. The maximum absolute atomic E-state index is 5.36. The minimum atomic E-state index is 0.493. The highest BCUT2D eigenvalue weighted by Gasteiger charge is 2.21. The van der Waals surface area contributed by atoms with Gasteiger partial charge in [-0.3, -0.25) is 5.10 Å². The van der Waals surface area contributed by atoms with Crippen molar-refractivity contribution in [1.82, 2.24) is 20.5 Å². The van der Waals surface area contributed by atoms with E-state index in [4.69, 9.17) is 4.74 Å². The van der Waals surface area contributed by atoms with E-state index < -0.39 is 0 Å². The van der Waals surface area contributed by atoms with Crippen LogP contribution in [0.15, 0.2) is 0 Å². The second kappa shape index (κ2) is 5.01. The van der Waals surface area contributed by atoms with Gasteiger partial charge in [0.25, 0.3) is 0 Å². The Hall–Kier alpha value is -1.14. The van der Waals surface area contributed by atoms with Gasteiger partial charge in [-0.25, -0.2) is 0 Å². The van der Waals surface area contributed by atoms with Gasteiger partial charge in [-0.1, -0.05) is 0 Å². The number of aromatic nitrogens is 3. The molecule has 17 heavy (non-hydrogen) atoms. The highest BCUT2D eigenvalue weighted by atomic mass is 16.5. The van der Waals surface area contributed by atoms with Crippen molar-refractivity contribution in [2.45, 2.75) is 18.8 Å². The fourth-order valence-corrected chi connectivity index (χ4v) is 2.42. The molecular formula is C11H19N5O. The second-order valence-corrected chi connectivity index (χ2v) is 4.64. The van der Waals surface area contributed by atoms with E-state index in [-0.39, 0.29) is 0 Å². The molecule has 1 aromatic rings. The molecular weight excluding hydrogens is 218 g/mol. The minimum absolute atomic E-state index is 0.493. The van der Waals surface area contributed by atoms with Crippen molar-refractivity contribution in [2.75, 3.05) is 44.3 Å². The van der Waals surface area contributed by atoms with Crippen molar-refractivity contribution in [1.29, 1.82) is 0 Å². The van der Waals surface area contributed by atoms with Gasteiger partial charge in [0, 0.05) is 45.3 Å². The summed E-state index contributed by atoms with van der Waals surface area (Å²) in [7, 11) is 0. The molecule has 1 aromatic heterocycles. The molecule has 0 bridgehead atoms. The predicted octanol–water partition coefficient (Wildman–Crippen LogP) is 0.108. The number of nitrogens with one attached hydrogen (secondary N) is 2. The lowest BCUT2D eigenvalue weighted by molar-refractivity contribution is 0.0836. The number of hydrogen-bond donors (Lipinski definition) is 2. The molecule has 2 N–H and O–H groups in total. The first-order valence-corrected chi connectivity index (χ1v) is 6.39. The average Bonchev–Trinajstić information content (AvgIpc) is 2.90. The summed E-state index contributed by atoms with van der Waals surface area (Å²) in [5.74, 6) is 2.38. The van der Waals surface area contributed by atoms with Crippen molar-refractivity contribution in [2.24, 2.45) is 0 Å². The quantitative estimate of drug-likeness (QED) is 0.764. The van der Waals surface area contributed by atoms with Crippen LogP contribution in [0.2, 0.25) is 0 Å². The molecule has 0 aromatic carbocycles. The van der Waals surface area contributed by atoms with E-state index >= 15 is 0 Å². The van der Waals surface area contributed by atoms with E-state index in [1.807, 2.05) is 0 Å². The van der Waals surface area contributed by atoms with Gasteiger partial charge in [-0.15, -0.1) is 5.10 Å². The van der Waals surface area contributed by atoms with Gasteiger partial charge in [0.1, 0.15) is 5.82 Å². The van der Waals surface area contributed by atoms with Crippen molar-refractivity contribution in [3.63, 3.8) is 0 Å². The maximum atomic E-state index is 5.36. The first-order chi connectivity index (χ1) is 8.43. The molecule has 3 rings (SSSR count). The van der Waals surface area contributed by atoms with Gasteiger partial charge in [0.05, 0.1) is 0 Å². The summed E-state index contributed by atoms with van der Waals surface area (Å²) >= 11 is 0. The summed E-state index contributed by atoms with van der Waals surface area (Å²) in [6, 6.07) is 0. The number of rotatable bonds is 2. The zero-order valence-corrected chi connectivity index (χ0v) is 9.98. The summed E-state index contributed by atoms with van der Waals surface area (Å²) in [6.07, 6.45) is 2.10. The third kappa shape index (κ3) is 2.42. The van der Waals surface area contributed by atoms with Crippen LogP contribution in [-0.4, -0.2) is 54.6 Å². The van der Waals surface area contributed by atoms with E-state index in [0.29, 0.717) is 5.92 Å². The zero-order valence-electron chi connectivity index (χ0n) is 9.98. The number of piperazine rings is 1. The Morgan fingerprint density at radius 2 is 1.94 bits per heavy atom. The summed E-state index contributed by atoms with van der Waals surface area (Å²) in [5, 5.41) is 10.8. The molecule has 94 valence electrons.